The number of allylic oxidation sites excluding steroid dienone is 3. The van der Waals surface area contributed by atoms with Gasteiger partial charge in [-0.3, -0.25) is 4.79 Å². The fourth-order valence-electron chi connectivity index (χ4n) is 3.64. The van der Waals surface area contributed by atoms with Crippen molar-refractivity contribution in [3.05, 3.63) is 119 Å². The Labute approximate surface area is 230 Å². The van der Waals surface area contributed by atoms with Crippen LogP contribution in [0.25, 0.3) is 5.57 Å². The van der Waals surface area contributed by atoms with Crippen molar-refractivity contribution in [3.8, 4) is 0 Å². The molecule has 172 valence electrons. The number of aldehydes is 1. The maximum Gasteiger partial charge on any atom is 0.152 e. The fraction of sp³-hybridized carbons (Fsp3) is 0.0357. The summed E-state index contributed by atoms with van der Waals surface area (Å²) in [5.74, 6) is 0. The van der Waals surface area contributed by atoms with Gasteiger partial charge >= 0.3 is 0 Å². The van der Waals surface area contributed by atoms with E-state index in [0.717, 1.165) is 21.7 Å². The van der Waals surface area contributed by atoms with Crippen molar-refractivity contribution < 1.29 is 4.79 Å². The number of carbonyl (C=O) groups is 1. The number of rotatable bonds is 4. The lowest BCUT2D eigenvalue weighted by Gasteiger charge is -2.05. The van der Waals surface area contributed by atoms with E-state index in [1.165, 1.54) is 43.4 Å². The quantitative estimate of drug-likeness (QED) is 0.229. The van der Waals surface area contributed by atoms with Crippen LogP contribution in [0.3, 0.4) is 0 Å². The van der Waals surface area contributed by atoms with E-state index in [1.807, 2.05) is 59.2 Å². The van der Waals surface area contributed by atoms with E-state index in [1.54, 1.807) is 23.5 Å². The molecule has 0 bridgehead atoms. The van der Waals surface area contributed by atoms with E-state index in [2.05, 4.69) is 79.7 Å². The van der Waals surface area contributed by atoms with Crippen LogP contribution in [-0.2, 0) is 4.79 Å². The van der Waals surface area contributed by atoms with Crippen molar-refractivity contribution in [2.24, 2.45) is 0 Å². The van der Waals surface area contributed by atoms with Gasteiger partial charge < -0.3 is 0 Å². The van der Waals surface area contributed by atoms with Gasteiger partial charge in [0.25, 0.3) is 0 Å². The van der Waals surface area contributed by atoms with E-state index in [0.29, 0.717) is 0 Å². The minimum atomic E-state index is 0.759. The third kappa shape index (κ3) is 5.13. The summed E-state index contributed by atoms with van der Waals surface area (Å²) in [4.78, 5) is 19.9. The maximum absolute atomic E-state index is 12.2. The summed E-state index contributed by atoms with van der Waals surface area (Å²) < 4.78 is 3.58. The van der Waals surface area contributed by atoms with Gasteiger partial charge in [0.15, 0.2) is 6.29 Å². The van der Waals surface area contributed by atoms with Crippen LogP contribution in [0.4, 0.5) is 0 Å². The Hall–Kier alpha value is -1.61. The summed E-state index contributed by atoms with van der Waals surface area (Å²) in [5, 5.41) is 0. The zero-order valence-electron chi connectivity index (χ0n) is 18.5. The highest BCUT2D eigenvalue weighted by molar-refractivity contribution is 8.29. The topological polar surface area (TPSA) is 17.1 Å². The van der Waals surface area contributed by atoms with Crippen molar-refractivity contribution in [2.75, 3.05) is 0 Å². The zero-order valence-corrected chi connectivity index (χ0v) is 23.4. The first kappa shape index (κ1) is 23.8. The Morgan fingerprint density at radius 3 is 1.43 bits per heavy atom. The van der Waals surface area contributed by atoms with Crippen molar-refractivity contribution >= 4 is 82.4 Å². The summed E-state index contributed by atoms with van der Waals surface area (Å²) in [6.07, 6.45) is 5.59. The van der Waals surface area contributed by atoms with Crippen LogP contribution in [0.5, 0.6) is 0 Å². The highest BCUT2D eigenvalue weighted by Crippen LogP contribution is 2.59. The van der Waals surface area contributed by atoms with Crippen LogP contribution < -0.4 is 0 Å². The summed E-state index contributed by atoms with van der Waals surface area (Å²) in [6.45, 7) is 2.07. The average Bonchev–Trinajstić information content (AvgIpc) is 3.57. The Morgan fingerprint density at radius 1 is 0.600 bits per heavy atom. The Balaban J connectivity index is 1.37. The van der Waals surface area contributed by atoms with E-state index in [9.17, 15) is 4.79 Å². The fourth-order valence-corrected chi connectivity index (χ4v) is 11.3. The summed E-state index contributed by atoms with van der Waals surface area (Å²) in [7, 11) is 0. The van der Waals surface area contributed by atoms with E-state index in [-0.39, 0.29) is 0 Å². The average molecular weight is 563 g/mol. The number of hydrogen-bond donors (Lipinski definition) is 0. The molecule has 0 unspecified atom stereocenters. The molecule has 0 aromatic heterocycles. The molecule has 3 aromatic rings. The number of fused-ring (bicyclic) bond motifs is 2. The second-order valence-corrected chi connectivity index (χ2v) is 15.1. The number of thioether (sulfide) groups is 6. The van der Waals surface area contributed by atoms with Crippen molar-refractivity contribution in [1.82, 2.24) is 0 Å². The Kier molecular flexibility index (Phi) is 7.06. The van der Waals surface area contributed by atoms with Gasteiger partial charge in [0.2, 0.25) is 0 Å². The highest BCUT2D eigenvalue weighted by Gasteiger charge is 2.26. The van der Waals surface area contributed by atoms with Gasteiger partial charge in [-0.15, -0.1) is 0 Å². The second kappa shape index (κ2) is 10.4. The van der Waals surface area contributed by atoms with E-state index < -0.39 is 0 Å². The van der Waals surface area contributed by atoms with E-state index in [4.69, 9.17) is 0 Å². The molecule has 0 aliphatic carbocycles. The minimum absolute atomic E-state index is 0.759. The first-order valence-corrected chi connectivity index (χ1v) is 15.8. The molecule has 7 heteroatoms. The van der Waals surface area contributed by atoms with Gasteiger partial charge in [-0.05, 0) is 48.9 Å². The molecule has 0 radical (unpaired) electrons. The summed E-state index contributed by atoms with van der Waals surface area (Å²) >= 11 is 10.7. The molecule has 3 aromatic carbocycles. The predicted octanol–water partition coefficient (Wildman–Crippen LogP) is 10.0. The van der Waals surface area contributed by atoms with Crippen LogP contribution in [0, 0.1) is 6.92 Å². The zero-order chi connectivity index (χ0) is 23.8. The lowest BCUT2D eigenvalue weighted by atomic mass is 10.1. The SMILES string of the molecule is Cc1ccc(C(C=O)=C2SC(C=C3Sc4ccccc4S3)=C(C=C3Sc4ccccc4S3)S2)cc1. The molecule has 6 rings (SSSR count). The molecule has 0 atom stereocenters. The van der Waals surface area contributed by atoms with Crippen LogP contribution in [-0.4, -0.2) is 6.29 Å². The first-order valence-electron chi connectivity index (χ1n) is 10.9. The molecule has 0 spiro atoms. The molecule has 0 fully saturated rings. The molecule has 1 nitrogen and oxygen atoms in total. The van der Waals surface area contributed by atoms with Gasteiger partial charge in [0, 0.05) is 35.0 Å². The van der Waals surface area contributed by atoms with Crippen LogP contribution >= 0.6 is 70.6 Å². The molecule has 0 amide bonds. The smallest absolute Gasteiger partial charge is 0.152 e. The van der Waals surface area contributed by atoms with Gasteiger partial charge in [0.05, 0.1) is 12.7 Å². The standard InChI is InChI=1S/C28H18OS6/c1-17-10-12-18(13-11-17)19(16-29)28-34-24(14-26-30-20-6-2-3-7-21(20)31-26)25(35-28)15-27-32-22-8-4-5-9-23(22)33-27/h2-16H,1H3. The highest BCUT2D eigenvalue weighted by atomic mass is 32.2. The predicted molar refractivity (Wildman–Crippen MR) is 159 cm³/mol. The third-order valence-corrected chi connectivity index (χ3v) is 12.8. The van der Waals surface area contributed by atoms with Crippen molar-refractivity contribution in [3.63, 3.8) is 0 Å². The van der Waals surface area contributed by atoms with Crippen molar-refractivity contribution in [2.45, 2.75) is 26.5 Å². The lowest BCUT2D eigenvalue weighted by molar-refractivity contribution is -0.103. The third-order valence-electron chi connectivity index (χ3n) is 5.39. The molecular weight excluding hydrogens is 545 g/mol. The Bertz CT molecular complexity index is 1330. The van der Waals surface area contributed by atoms with E-state index >= 15 is 0 Å². The number of hydrogen-bond acceptors (Lipinski definition) is 7. The van der Waals surface area contributed by atoms with Gasteiger partial charge in [-0.1, -0.05) is 125 Å². The molecule has 0 N–H and O–H groups in total. The molecule has 3 heterocycles. The summed E-state index contributed by atoms with van der Waals surface area (Å²) in [5.41, 5.74) is 2.92. The van der Waals surface area contributed by atoms with Gasteiger partial charge in [-0.25, -0.2) is 0 Å². The molecule has 35 heavy (non-hydrogen) atoms. The monoisotopic (exact) mass is 562 g/mol. The van der Waals surface area contributed by atoms with Gasteiger partial charge in [-0.2, -0.15) is 0 Å². The molecule has 3 aliphatic rings. The lowest BCUT2D eigenvalue weighted by Crippen LogP contribution is -1.88. The molecule has 0 saturated heterocycles. The second-order valence-electron chi connectivity index (χ2n) is 7.85. The first-order chi connectivity index (χ1) is 17.2. The Morgan fingerprint density at radius 2 is 1.03 bits per heavy atom. The molecule has 0 saturated carbocycles. The molecule has 3 aliphatic heterocycles. The van der Waals surface area contributed by atoms with Gasteiger partial charge in [0.1, 0.15) is 0 Å². The normalized spacial score (nSPS) is 16.4. The van der Waals surface area contributed by atoms with Crippen LogP contribution in [0.15, 0.2) is 127 Å². The number of aryl methyl sites for hydroxylation is 1. The maximum atomic E-state index is 12.2. The number of benzene rings is 3. The summed E-state index contributed by atoms with van der Waals surface area (Å²) in [6, 6.07) is 25.3. The number of carbonyl (C=O) groups excluding carboxylic acids is 1. The largest absolute Gasteiger partial charge is 0.298 e. The molecular formula is C28H18OS6. The minimum Gasteiger partial charge on any atom is -0.298 e. The van der Waals surface area contributed by atoms with Crippen molar-refractivity contribution in [1.29, 1.82) is 0 Å². The van der Waals surface area contributed by atoms with Crippen LogP contribution in [0.1, 0.15) is 11.1 Å². The van der Waals surface area contributed by atoms with Crippen LogP contribution in [0.2, 0.25) is 0 Å².